The number of ether oxygens (including phenoxy) is 4. The van der Waals surface area contributed by atoms with Gasteiger partial charge in [-0.25, -0.2) is 0 Å². The summed E-state index contributed by atoms with van der Waals surface area (Å²) in [5.74, 6) is 0.416. The number of hydrogen-bond donors (Lipinski definition) is 0. The Morgan fingerprint density at radius 2 is 1.57 bits per heavy atom. The zero-order valence-electron chi connectivity index (χ0n) is 13.1. The average molecular weight is 300 g/mol. The van der Waals surface area contributed by atoms with Crippen molar-refractivity contribution in [1.82, 2.24) is 0 Å². The van der Waals surface area contributed by atoms with E-state index in [4.69, 9.17) is 18.9 Å². The molecule has 0 aromatic carbocycles. The van der Waals surface area contributed by atoms with Gasteiger partial charge in [-0.15, -0.1) is 0 Å². The zero-order chi connectivity index (χ0) is 15.0. The van der Waals surface area contributed by atoms with Gasteiger partial charge in [0.15, 0.2) is 0 Å². The molecule has 2 rings (SSSR count). The maximum absolute atomic E-state index is 11.9. The lowest BCUT2D eigenvalue weighted by Gasteiger charge is -2.49. The molecule has 0 aromatic rings. The zero-order valence-corrected chi connectivity index (χ0v) is 13.1. The van der Waals surface area contributed by atoms with Crippen LogP contribution in [0.15, 0.2) is 0 Å². The fourth-order valence-electron chi connectivity index (χ4n) is 3.33. The normalized spacial score (nSPS) is 24.2. The number of ketones is 1. The van der Waals surface area contributed by atoms with E-state index >= 15 is 0 Å². The SMILES string of the molecule is COCCOCCOCCOC1CC(=O)C12CCCCC2. The van der Waals surface area contributed by atoms with Crippen LogP contribution in [-0.4, -0.2) is 58.6 Å². The van der Waals surface area contributed by atoms with Crippen molar-refractivity contribution in [2.45, 2.75) is 44.6 Å². The van der Waals surface area contributed by atoms with E-state index < -0.39 is 0 Å². The van der Waals surface area contributed by atoms with Crippen molar-refractivity contribution < 1.29 is 23.7 Å². The van der Waals surface area contributed by atoms with Gasteiger partial charge in [-0.1, -0.05) is 19.3 Å². The van der Waals surface area contributed by atoms with Crippen LogP contribution in [-0.2, 0) is 23.7 Å². The van der Waals surface area contributed by atoms with E-state index in [1.54, 1.807) is 7.11 Å². The Balaban J connectivity index is 1.50. The monoisotopic (exact) mass is 300 g/mol. The molecule has 1 atom stereocenters. The lowest BCUT2D eigenvalue weighted by molar-refractivity contribution is -0.171. The second-order valence-electron chi connectivity index (χ2n) is 5.92. The van der Waals surface area contributed by atoms with Crippen LogP contribution >= 0.6 is 0 Å². The Morgan fingerprint density at radius 1 is 0.952 bits per heavy atom. The molecule has 0 amide bonds. The molecular weight excluding hydrogens is 272 g/mol. The third-order valence-electron chi connectivity index (χ3n) is 4.64. The van der Waals surface area contributed by atoms with Gasteiger partial charge in [0.2, 0.25) is 0 Å². The highest BCUT2D eigenvalue weighted by Gasteiger charge is 2.55. The number of Topliss-reactive ketones (excluding diaryl/α,β-unsaturated/α-hetero) is 1. The first-order valence-corrected chi connectivity index (χ1v) is 8.09. The smallest absolute Gasteiger partial charge is 0.144 e. The Kier molecular flexibility index (Phi) is 7.10. The summed E-state index contributed by atoms with van der Waals surface area (Å²) in [4.78, 5) is 11.9. The van der Waals surface area contributed by atoms with Crippen LogP contribution in [0.5, 0.6) is 0 Å². The maximum Gasteiger partial charge on any atom is 0.144 e. The summed E-state index contributed by atoms with van der Waals surface area (Å²) in [6.07, 6.45) is 6.36. The molecule has 1 spiro atoms. The van der Waals surface area contributed by atoms with Gasteiger partial charge in [0.25, 0.3) is 0 Å². The molecule has 0 saturated heterocycles. The Hall–Kier alpha value is -0.490. The summed E-state index contributed by atoms with van der Waals surface area (Å²) < 4.78 is 21.5. The Morgan fingerprint density at radius 3 is 2.19 bits per heavy atom. The summed E-state index contributed by atoms with van der Waals surface area (Å²) in [7, 11) is 1.65. The molecule has 2 aliphatic rings. The number of rotatable bonds is 10. The first-order valence-electron chi connectivity index (χ1n) is 8.09. The van der Waals surface area contributed by atoms with E-state index in [0.29, 0.717) is 51.8 Å². The molecule has 0 N–H and O–H groups in total. The largest absolute Gasteiger partial charge is 0.382 e. The highest BCUT2D eigenvalue weighted by atomic mass is 16.6. The minimum Gasteiger partial charge on any atom is -0.382 e. The summed E-state index contributed by atoms with van der Waals surface area (Å²) in [5, 5.41) is 0. The van der Waals surface area contributed by atoms with Crippen molar-refractivity contribution in [2.75, 3.05) is 46.8 Å². The Bertz CT molecular complexity index is 312. The van der Waals surface area contributed by atoms with Gasteiger partial charge in [0.05, 0.1) is 51.2 Å². The molecule has 0 radical (unpaired) electrons. The number of hydrogen-bond acceptors (Lipinski definition) is 5. The third-order valence-corrected chi connectivity index (χ3v) is 4.64. The molecule has 21 heavy (non-hydrogen) atoms. The summed E-state index contributed by atoms with van der Waals surface area (Å²) in [6.45, 7) is 3.49. The van der Waals surface area contributed by atoms with Crippen LogP contribution in [0.2, 0.25) is 0 Å². The van der Waals surface area contributed by atoms with Crippen molar-refractivity contribution in [3.8, 4) is 0 Å². The van der Waals surface area contributed by atoms with Crippen LogP contribution in [0.1, 0.15) is 38.5 Å². The van der Waals surface area contributed by atoms with Gasteiger partial charge in [-0.2, -0.15) is 0 Å². The van der Waals surface area contributed by atoms with Gasteiger partial charge in [0, 0.05) is 13.5 Å². The summed E-state index contributed by atoms with van der Waals surface area (Å²) >= 11 is 0. The average Bonchev–Trinajstić information content (AvgIpc) is 2.53. The number of methoxy groups -OCH3 is 1. The Labute approximate surface area is 127 Å². The number of carbonyl (C=O) groups is 1. The number of carbonyl (C=O) groups excluding carboxylic acids is 1. The molecule has 2 fully saturated rings. The van der Waals surface area contributed by atoms with Gasteiger partial charge in [0.1, 0.15) is 5.78 Å². The highest BCUT2D eigenvalue weighted by molar-refractivity contribution is 5.92. The maximum atomic E-state index is 11.9. The van der Waals surface area contributed by atoms with Gasteiger partial charge < -0.3 is 18.9 Å². The summed E-state index contributed by atoms with van der Waals surface area (Å²) in [5.41, 5.74) is -0.137. The van der Waals surface area contributed by atoms with Crippen LogP contribution < -0.4 is 0 Å². The molecule has 2 aliphatic carbocycles. The van der Waals surface area contributed by atoms with E-state index in [2.05, 4.69) is 0 Å². The van der Waals surface area contributed by atoms with E-state index in [1.807, 2.05) is 0 Å². The predicted octanol–water partition coefficient (Wildman–Crippen LogP) is 1.97. The molecular formula is C16H28O5. The third kappa shape index (κ3) is 4.49. The van der Waals surface area contributed by atoms with E-state index in [9.17, 15) is 4.79 Å². The highest BCUT2D eigenvalue weighted by Crippen LogP contribution is 2.50. The van der Waals surface area contributed by atoms with Crippen LogP contribution in [0.25, 0.3) is 0 Å². The second-order valence-corrected chi connectivity index (χ2v) is 5.92. The van der Waals surface area contributed by atoms with Crippen LogP contribution in [0, 0.1) is 5.41 Å². The first kappa shape index (κ1) is 16.9. The summed E-state index contributed by atoms with van der Waals surface area (Å²) in [6, 6.07) is 0. The molecule has 0 bridgehead atoms. The van der Waals surface area contributed by atoms with E-state index in [0.717, 1.165) is 12.8 Å². The van der Waals surface area contributed by atoms with Crippen molar-refractivity contribution in [1.29, 1.82) is 0 Å². The standard InChI is InChI=1S/C16H28O5/c1-18-7-8-19-9-10-20-11-12-21-15-13-14(17)16(15)5-3-2-4-6-16/h15H,2-13H2,1H3. The molecule has 5 heteroatoms. The van der Waals surface area contributed by atoms with E-state index in [1.165, 1.54) is 19.3 Å². The quantitative estimate of drug-likeness (QED) is 0.577. The van der Waals surface area contributed by atoms with Crippen LogP contribution in [0.3, 0.4) is 0 Å². The molecule has 1 unspecified atom stereocenters. The van der Waals surface area contributed by atoms with Gasteiger partial charge >= 0.3 is 0 Å². The lowest BCUT2D eigenvalue weighted by atomic mass is 9.57. The predicted molar refractivity (Wildman–Crippen MR) is 78.4 cm³/mol. The van der Waals surface area contributed by atoms with Crippen LogP contribution in [0.4, 0.5) is 0 Å². The molecule has 0 aromatic heterocycles. The lowest BCUT2D eigenvalue weighted by Crippen LogP contribution is -2.56. The van der Waals surface area contributed by atoms with E-state index in [-0.39, 0.29) is 11.5 Å². The van der Waals surface area contributed by atoms with Gasteiger partial charge in [-0.05, 0) is 12.8 Å². The fraction of sp³-hybridized carbons (Fsp3) is 0.938. The first-order chi connectivity index (χ1) is 10.3. The molecule has 5 nitrogen and oxygen atoms in total. The topological polar surface area (TPSA) is 54.0 Å². The van der Waals surface area contributed by atoms with Crippen molar-refractivity contribution in [2.24, 2.45) is 5.41 Å². The molecule has 122 valence electrons. The molecule has 2 saturated carbocycles. The fourth-order valence-corrected chi connectivity index (χ4v) is 3.33. The van der Waals surface area contributed by atoms with Crippen molar-refractivity contribution in [3.05, 3.63) is 0 Å². The second kappa shape index (κ2) is 8.83. The minimum absolute atomic E-state index is 0.131. The minimum atomic E-state index is -0.137. The van der Waals surface area contributed by atoms with Crippen molar-refractivity contribution >= 4 is 5.78 Å². The van der Waals surface area contributed by atoms with Crippen molar-refractivity contribution in [3.63, 3.8) is 0 Å². The molecule has 0 heterocycles. The molecule has 0 aliphatic heterocycles. The van der Waals surface area contributed by atoms with Gasteiger partial charge in [-0.3, -0.25) is 4.79 Å².